The Bertz CT molecular complexity index is 365. The first kappa shape index (κ1) is 15.3. The summed E-state index contributed by atoms with van der Waals surface area (Å²) in [6.45, 7) is 8.80. The van der Waals surface area contributed by atoms with Gasteiger partial charge in [-0.05, 0) is 63.1 Å². The zero-order chi connectivity index (χ0) is 14.8. The normalized spacial score (nSPS) is 34.3. The van der Waals surface area contributed by atoms with E-state index in [9.17, 15) is 4.79 Å². The quantitative estimate of drug-likeness (QED) is 0.809. The standard InChI is InChI=1S/C17H31N3O/c1-12(2)15(20-8-3-4-9-20)11-19-17(21)16-14-7-5-6-13(14)10-18-16/h12-16,18H,3-11H2,1-2H3,(H,19,21). The van der Waals surface area contributed by atoms with Crippen LogP contribution < -0.4 is 10.6 Å². The average Bonchev–Trinajstić information content (AvgIpc) is 3.15. The highest BCUT2D eigenvalue weighted by molar-refractivity contribution is 5.82. The van der Waals surface area contributed by atoms with Gasteiger partial charge in [-0.2, -0.15) is 0 Å². The molecule has 1 amide bonds. The van der Waals surface area contributed by atoms with Crippen molar-refractivity contribution >= 4 is 5.91 Å². The molecule has 4 nitrogen and oxygen atoms in total. The molecule has 0 spiro atoms. The summed E-state index contributed by atoms with van der Waals surface area (Å²) in [7, 11) is 0. The maximum absolute atomic E-state index is 12.5. The predicted octanol–water partition coefficient (Wildman–Crippen LogP) is 1.61. The van der Waals surface area contributed by atoms with Crippen LogP contribution in [0.2, 0.25) is 0 Å². The molecule has 4 atom stereocenters. The molecule has 0 aromatic carbocycles. The highest BCUT2D eigenvalue weighted by Crippen LogP contribution is 2.37. The van der Waals surface area contributed by atoms with Crippen LogP contribution in [0.3, 0.4) is 0 Å². The van der Waals surface area contributed by atoms with Gasteiger partial charge < -0.3 is 10.6 Å². The van der Waals surface area contributed by atoms with Gasteiger partial charge in [0.25, 0.3) is 0 Å². The number of hydrogen-bond acceptors (Lipinski definition) is 3. The Morgan fingerprint density at radius 1 is 1.24 bits per heavy atom. The minimum atomic E-state index is 0.0730. The molecule has 4 heteroatoms. The Hall–Kier alpha value is -0.610. The molecular weight excluding hydrogens is 262 g/mol. The first-order valence-corrected chi connectivity index (χ1v) is 8.92. The summed E-state index contributed by atoms with van der Waals surface area (Å²) < 4.78 is 0. The number of nitrogens with one attached hydrogen (secondary N) is 2. The van der Waals surface area contributed by atoms with Crippen LogP contribution in [0.25, 0.3) is 0 Å². The number of carbonyl (C=O) groups excluding carboxylic acids is 1. The molecular formula is C17H31N3O. The van der Waals surface area contributed by atoms with Gasteiger partial charge in [0.1, 0.15) is 0 Å². The van der Waals surface area contributed by atoms with Crippen molar-refractivity contribution < 1.29 is 4.79 Å². The van der Waals surface area contributed by atoms with Gasteiger partial charge in [0.15, 0.2) is 0 Å². The van der Waals surface area contributed by atoms with E-state index in [1.807, 2.05) is 0 Å². The summed E-state index contributed by atoms with van der Waals surface area (Å²) in [5, 5.41) is 6.71. The molecule has 21 heavy (non-hydrogen) atoms. The van der Waals surface area contributed by atoms with Crippen molar-refractivity contribution in [2.45, 2.75) is 58.0 Å². The summed E-state index contributed by atoms with van der Waals surface area (Å²) in [6.07, 6.45) is 6.47. The molecule has 3 aliphatic rings. The second-order valence-electron chi connectivity index (χ2n) is 7.54. The predicted molar refractivity (Wildman–Crippen MR) is 85.1 cm³/mol. The Balaban J connectivity index is 1.52. The first-order chi connectivity index (χ1) is 10.2. The molecule has 3 fully saturated rings. The van der Waals surface area contributed by atoms with E-state index in [2.05, 4.69) is 29.4 Å². The van der Waals surface area contributed by atoms with Crippen LogP contribution in [0, 0.1) is 17.8 Å². The van der Waals surface area contributed by atoms with Crippen molar-refractivity contribution in [3.63, 3.8) is 0 Å². The fourth-order valence-corrected chi connectivity index (χ4v) is 4.65. The van der Waals surface area contributed by atoms with E-state index in [0.717, 1.165) is 19.0 Å². The van der Waals surface area contributed by atoms with Crippen molar-refractivity contribution in [1.29, 1.82) is 0 Å². The SMILES string of the molecule is CC(C)C(CNC(=O)C1NCC2CCCC21)N1CCCC1. The number of nitrogens with zero attached hydrogens (tertiary/aromatic N) is 1. The molecule has 0 aromatic rings. The van der Waals surface area contributed by atoms with Gasteiger partial charge in [-0.1, -0.05) is 20.3 Å². The maximum Gasteiger partial charge on any atom is 0.237 e. The van der Waals surface area contributed by atoms with Crippen molar-refractivity contribution in [1.82, 2.24) is 15.5 Å². The van der Waals surface area contributed by atoms with Gasteiger partial charge in [0.2, 0.25) is 5.91 Å². The third-order valence-corrected chi connectivity index (χ3v) is 5.89. The Kier molecular flexibility index (Phi) is 4.85. The lowest BCUT2D eigenvalue weighted by molar-refractivity contribution is -0.124. The zero-order valence-corrected chi connectivity index (χ0v) is 13.6. The minimum Gasteiger partial charge on any atom is -0.353 e. The molecule has 2 N–H and O–H groups in total. The van der Waals surface area contributed by atoms with Gasteiger partial charge in [-0.3, -0.25) is 9.69 Å². The average molecular weight is 293 g/mol. The highest BCUT2D eigenvalue weighted by atomic mass is 16.2. The van der Waals surface area contributed by atoms with Gasteiger partial charge >= 0.3 is 0 Å². The van der Waals surface area contributed by atoms with Gasteiger partial charge in [0.05, 0.1) is 6.04 Å². The molecule has 1 aliphatic carbocycles. The number of fused-ring (bicyclic) bond motifs is 1. The van der Waals surface area contributed by atoms with Crippen molar-refractivity contribution in [2.24, 2.45) is 17.8 Å². The Labute approximate surface area is 129 Å². The van der Waals surface area contributed by atoms with Crippen molar-refractivity contribution in [3.05, 3.63) is 0 Å². The number of rotatable bonds is 5. The van der Waals surface area contributed by atoms with Crippen molar-refractivity contribution in [2.75, 3.05) is 26.2 Å². The number of amides is 1. The van der Waals surface area contributed by atoms with E-state index in [0.29, 0.717) is 17.9 Å². The molecule has 3 rings (SSSR count). The molecule has 1 saturated carbocycles. The van der Waals surface area contributed by atoms with E-state index in [-0.39, 0.29) is 11.9 Å². The molecule has 0 radical (unpaired) electrons. The molecule has 2 aliphatic heterocycles. The smallest absolute Gasteiger partial charge is 0.237 e. The maximum atomic E-state index is 12.5. The van der Waals surface area contributed by atoms with E-state index in [1.54, 1.807) is 0 Å². The van der Waals surface area contributed by atoms with Gasteiger partial charge in [0, 0.05) is 12.6 Å². The summed E-state index contributed by atoms with van der Waals surface area (Å²) >= 11 is 0. The first-order valence-electron chi connectivity index (χ1n) is 8.92. The lowest BCUT2D eigenvalue weighted by atomic mass is 9.93. The van der Waals surface area contributed by atoms with Crippen LogP contribution in [-0.4, -0.2) is 49.1 Å². The lowest BCUT2D eigenvalue weighted by Gasteiger charge is -2.31. The van der Waals surface area contributed by atoms with E-state index in [4.69, 9.17) is 0 Å². The zero-order valence-electron chi connectivity index (χ0n) is 13.6. The fraction of sp³-hybridized carbons (Fsp3) is 0.941. The second kappa shape index (κ2) is 6.66. The molecule has 2 heterocycles. The van der Waals surface area contributed by atoms with Gasteiger partial charge in [-0.25, -0.2) is 0 Å². The second-order valence-corrected chi connectivity index (χ2v) is 7.54. The fourth-order valence-electron chi connectivity index (χ4n) is 4.65. The topological polar surface area (TPSA) is 44.4 Å². The van der Waals surface area contributed by atoms with Crippen LogP contribution in [0.5, 0.6) is 0 Å². The Morgan fingerprint density at radius 2 is 2.00 bits per heavy atom. The highest BCUT2D eigenvalue weighted by Gasteiger charge is 2.42. The van der Waals surface area contributed by atoms with Crippen molar-refractivity contribution in [3.8, 4) is 0 Å². The van der Waals surface area contributed by atoms with Crippen LogP contribution in [0.4, 0.5) is 0 Å². The van der Waals surface area contributed by atoms with Crippen LogP contribution in [0.15, 0.2) is 0 Å². The van der Waals surface area contributed by atoms with Gasteiger partial charge in [-0.15, -0.1) is 0 Å². The monoisotopic (exact) mass is 293 g/mol. The molecule has 4 unspecified atom stereocenters. The molecule has 2 saturated heterocycles. The van der Waals surface area contributed by atoms with E-state index < -0.39 is 0 Å². The Morgan fingerprint density at radius 3 is 2.71 bits per heavy atom. The molecule has 0 bridgehead atoms. The summed E-state index contributed by atoms with van der Waals surface area (Å²) in [4.78, 5) is 15.1. The number of hydrogen-bond donors (Lipinski definition) is 2. The largest absolute Gasteiger partial charge is 0.353 e. The molecule has 120 valence electrons. The van der Waals surface area contributed by atoms with E-state index >= 15 is 0 Å². The third kappa shape index (κ3) is 3.26. The summed E-state index contributed by atoms with van der Waals surface area (Å²) in [5.74, 6) is 2.18. The minimum absolute atomic E-state index is 0.0730. The van der Waals surface area contributed by atoms with Crippen LogP contribution >= 0.6 is 0 Å². The number of likely N-dealkylation sites (tertiary alicyclic amines) is 1. The van der Waals surface area contributed by atoms with Crippen LogP contribution in [-0.2, 0) is 4.79 Å². The van der Waals surface area contributed by atoms with Crippen LogP contribution in [0.1, 0.15) is 46.0 Å². The molecule has 0 aromatic heterocycles. The number of carbonyl (C=O) groups is 1. The van der Waals surface area contributed by atoms with E-state index in [1.165, 1.54) is 45.2 Å². The lowest BCUT2D eigenvalue weighted by Crippen LogP contribution is -2.50. The third-order valence-electron chi connectivity index (χ3n) is 5.89. The summed E-state index contributed by atoms with van der Waals surface area (Å²) in [5.41, 5.74) is 0. The summed E-state index contributed by atoms with van der Waals surface area (Å²) in [6, 6.07) is 0.570.